The Hall–Kier alpha value is -0.770. The van der Waals surface area contributed by atoms with Crippen LogP contribution in [0.5, 0.6) is 0 Å². The van der Waals surface area contributed by atoms with E-state index in [1.165, 1.54) is 30.6 Å². The van der Waals surface area contributed by atoms with E-state index in [2.05, 4.69) is 15.9 Å². The SMILES string of the molecule is NCc1ccc(Cl)cc1N1CCN(CC2CC2)CC1. The molecule has 0 aromatic heterocycles. The molecule has 19 heavy (non-hydrogen) atoms. The predicted octanol–water partition coefficient (Wildman–Crippen LogP) is 2.33. The highest BCUT2D eigenvalue weighted by molar-refractivity contribution is 6.30. The van der Waals surface area contributed by atoms with Gasteiger partial charge in [0.05, 0.1) is 0 Å². The lowest BCUT2D eigenvalue weighted by atomic mass is 10.1. The minimum atomic E-state index is 0.578. The standard InChI is InChI=1S/C15H22ClN3/c16-14-4-3-13(10-17)15(9-14)19-7-5-18(6-8-19)11-12-1-2-12/h3-4,9,12H,1-2,5-8,10-11,17H2. The minimum absolute atomic E-state index is 0.578. The first-order chi connectivity index (χ1) is 9.26. The summed E-state index contributed by atoms with van der Waals surface area (Å²) < 4.78 is 0. The highest BCUT2D eigenvalue weighted by Crippen LogP contribution is 2.31. The van der Waals surface area contributed by atoms with Crippen molar-refractivity contribution in [2.45, 2.75) is 19.4 Å². The van der Waals surface area contributed by atoms with Crippen molar-refractivity contribution < 1.29 is 0 Å². The second kappa shape index (κ2) is 5.70. The van der Waals surface area contributed by atoms with Crippen molar-refractivity contribution in [1.29, 1.82) is 0 Å². The first-order valence-electron chi connectivity index (χ1n) is 7.22. The van der Waals surface area contributed by atoms with Crippen LogP contribution in [0.3, 0.4) is 0 Å². The second-order valence-electron chi connectivity index (χ2n) is 5.71. The Labute approximate surface area is 120 Å². The quantitative estimate of drug-likeness (QED) is 0.918. The topological polar surface area (TPSA) is 32.5 Å². The molecule has 1 aliphatic carbocycles. The summed E-state index contributed by atoms with van der Waals surface area (Å²) in [4.78, 5) is 5.03. The molecule has 1 saturated carbocycles. The summed E-state index contributed by atoms with van der Waals surface area (Å²) in [7, 11) is 0. The van der Waals surface area contributed by atoms with Crippen molar-refractivity contribution in [3.63, 3.8) is 0 Å². The molecule has 1 heterocycles. The van der Waals surface area contributed by atoms with Crippen molar-refractivity contribution in [3.8, 4) is 0 Å². The molecule has 0 radical (unpaired) electrons. The lowest BCUT2D eigenvalue weighted by Gasteiger charge is -2.37. The lowest BCUT2D eigenvalue weighted by Crippen LogP contribution is -2.47. The number of nitrogens with zero attached hydrogens (tertiary/aromatic N) is 2. The maximum absolute atomic E-state index is 6.12. The van der Waals surface area contributed by atoms with E-state index in [0.29, 0.717) is 6.54 Å². The van der Waals surface area contributed by atoms with Gasteiger partial charge in [-0.1, -0.05) is 17.7 Å². The van der Waals surface area contributed by atoms with E-state index < -0.39 is 0 Å². The number of hydrogen-bond donors (Lipinski definition) is 1. The fourth-order valence-electron chi connectivity index (χ4n) is 2.84. The zero-order valence-corrected chi connectivity index (χ0v) is 12.1. The number of rotatable bonds is 4. The van der Waals surface area contributed by atoms with E-state index >= 15 is 0 Å². The Morgan fingerprint density at radius 2 is 1.89 bits per heavy atom. The van der Waals surface area contributed by atoms with E-state index in [4.69, 9.17) is 17.3 Å². The van der Waals surface area contributed by atoms with Gasteiger partial charge in [0.25, 0.3) is 0 Å². The van der Waals surface area contributed by atoms with E-state index in [-0.39, 0.29) is 0 Å². The van der Waals surface area contributed by atoms with Gasteiger partial charge in [-0.05, 0) is 36.5 Å². The van der Waals surface area contributed by atoms with Crippen molar-refractivity contribution in [3.05, 3.63) is 28.8 Å². The van der Waals surface area contributed by atoms with E-state index in [9.17, 15) is 0 Å². The lowest BCUT2D eigenvalue weighted by molar-refractivity contribution is 0.248. The molecular formula is C15H22ClN3. The third-order valence-corrected chi connectivity index (χ3v) is 4.43. The molecule has 0 atom stereocenters. The van der Waals surface area contributed by atoms with Gasteiger partial charge in [0.2, 0.25) is 0 Å². The van der Waals surface area contributed by atoms with Crippen LogP contribution in [0.4, 0.5) is 5.69 Å². The van der Waals surface area contributed by atoms with Gasteiger partial charge >= 0.3 is 0 Å². The fraction of sp³-hybridized carbons (Fsp3) is 0.600. The van der Waals surface area contributed by atoms with Crippen LogP contribution in [-0.4, -0.2) is 37.6 Å². The third-order valence-electron chi connectivity index (χ3n) is 4.19. The average molecular weight is 280 g/mol. The molecule has 2 fully saturated rings. The number of hydrogen-bond acceptors (Lipinski definition) is 3. The van der Waals surface area contributed by atoms with Gasteiger partial charge in [0.15, 0.2) is 0 Å². The third kappa shape index (κ3) is 3.22. The number of nitrogens with two attached hydrogens (primary N) is 1. The van der Waals surface area contributed by atoms with Gasteiger partial charge in [-0.2, -0.15) is 0 Å². The Morgan fingerprint density at radius 3 is 2.53 bits per heavy atom. The van der Waals surface area contributed by atoms with Gasteiger partial charge < -0.3 is 10.6 Å². The van der Waals surface area contributed by atoms with Gasteiger partial charge in [-0.15, -0.1) is 0 Å². The van der Waals surface area contributed by atoms with Crippen LogP contribution in [-0.2, 0) is 6.54 Å². The normalized spacial score (nSPS) is 20.8. The summed E-state index contributed by atoms with van der Waals surface area (Å²) in [5, 5.41) is 0.799. The molecule has 1 aliphatic heterocycles. The Morgan fingerprint density at radius 1 is 1.16 bits per heavy atom. The molecule has 1 aromatic carbocycles. The maximum atomic E-state index is 6.12. The zero-order valence-electron chi connectivity index (χ0n) is 11.3. The van der Waals surface area contributed by atoms with Crippen molar-refractivity contribution in [1.82, 2.24) is 4.90 Å². The van der Waals surface area contributed by atoms with Crippen molar-refractivity contribution in [2.24, 2.45) is 11.7 Å². The summed E-state index contributed by atoms with van der Waals surface area (Å²) in [6.45, 7) is 6.36. The van der Waals surface area contributed by atoms with Gasteiger partial charge in [0, 0.05) is 50.0 Å². The van der Waals surface area contributed by atoms with Crippen LogP contribution in [0.2, 0.25) is 5.02 Å². The van der Waals surface area contributed by atoms with Gasteiger partial charge in [-0.25, -0.2) is 0 Å². The van der Waals surface area contributed by atoms with Crippen LogP contribution < -0.4 is 10.6 Å². The molecule has 0 bridgehead atoms. The Bertz CT molecular complexity index is 437. The largest absolute Gasteiger partial charge is 0.369 e. The van der Waals surface area contributed by atoms with Crippen molar-refractivity contribution in [2.75, 3.05) is 37.6 Å². The summed E-state index contributed by atoms with van der Waals surface area (Å²) >= 11 is 6.12. The maximum Gasteiger partial charge on any atom is 0.0427 e. The molecule has 0 unspecified atom stereocenters. The molecule has 0 spiro atoms. The molecule has 1 saturated heterocycles. The predicted molar refractivity (Wildman–Crippen MR) is 80.7 cm³/mol. The second-order valence-corrected chi connectivity index (χ2v) is 6.14. The van der Waals surface area contributed by atoms with Crippen LogP contribution in [0.25, 0.3) is 0 Å². The summed E-state index contributed by atoms with van der Waals surface area (Å²) in [6.07, 6.45) is 2.87. The first-order valence-corrected chi connectivity index (χ1v) is 7.60. The smallest absolute Gasteiger partial charge is 0.0427 e. The number of benzene rings is 1. The van der Waals surface area contributed by atoms with Crippen LogP contribution in [0.15, 0.2) is 18.2 Å². The number of halogens is 1. The molecule has 4 heteroatoms. The van der Waals surface area contributed by atoms with Crippen molar-refractivity contribution >= 4 is 17.3 Å². The highest BCUT2D eigenvalue weighted by Gasteiger charge is 2.26. The molecule has 0 amide bonds. The monoisotopic (exact) mass is 279 g/mol. The van der Waals surface area contributed by atoms with E-state index in [0.717, 1.165) is 37.1 Å². The highest BCUT2D eigenvalue weighted by atomic mass is 35.5. The molecule has 2 N–H and O–H groups in total. The molecular weight excluding hydrogens is 258 g/mol. The Balaban J connectivity index is 1.65. The molecule has 3 nitrogen and oxygen atoms in total. The Kier molecular flexibility index (Phi) is 3.96. The molecule has 1 aromatic rings. The van der Waals surface area contributed by atoms with Crippen LogP contribution >= 0.6 is 11.6 Å². The minimum Gasteiger partial charge on any atom is -0.369 e. The number of anilines is 1. The summed E-state index contributed by atoms with van der Waals surface area (Å²) in [6, 6.07) is 6.03. The van der Waals surface area contributed by atoms with E-state index in [1.807, 2.05) is 12.1 Å². The van der Waals surface area contributed by atoms with Crippen LogP contribution in [0.1, 0.15) is 18.4 Å². The van der Waals surface area contributed by atoms with Gasteiger partial charge in [-0.3, -0.25) is 4.90 Å². The van der Waals surface area contributed by atoms with Crippen LogP contribution in [0, 0.1) is 5.92 Å². The summed E-state index contributed by atoms with van der Waals surface area (Å²) in [5.74, 6) is 0.984. The number of piperazine rings is 1. The van der Waals surface area contributed by atoms with E-state index in [1.54, 1.807) is 0 Å². The molecule has 2 aliphatic rings. The first kappa shape index (κ1) is 13.2. The average Bonchev–Trinajstić information content (AvgIpc) is 3.23. The zero-order chi connectivity index (χ0) is 13.2. The molecule has 104 valence electrons. The fourth-order valence-corrected chi connectivity index (χ4v) is 3.01. The van der Waals surface area contributed by atoms with Gasteiger partial charge in [0.1, 0.15) is 0 Å². The summed E-state index contributed by atoms with van der Waals surface area (Å²) in [5.41, 5.74) is 8.25. The molecule has 3 rings (SSSR count).